The van der Waals surface area contributed by atoms with Crippen LogP contribution in [0.25, 0.3) is 0 Å². The van der Waals surface area contributed by atoms with Crippen molar-refractivity contribution in [2.24, 2.45) is 5.73 Å². The molecule has 1 aromatic carbocycles. The van der Waals surface area contributed by atoms with Crippen molar-refractivity contribution in [1.82, 2.24) is 0 Å². The summed E-state index contributed by atoms with van der Waals surface area (Å²) < 4.78 is 21.2. The summed E-state index contributed by atoms with van der Waals surface area (Å²) in [5.41, 5.74) is 4.55. The van der Waals surface area contributed by atoms with Gasteiger partial charge in [-0.2, -0.15) is 0 Å². The standard InChI is InChI=1S/C25H30N2O8/c1-5-8-13-34-23(30)20-21(26)27(4)16-12-10-9-11-15(16)25(20)19(22(29)33-7-3)17(35-24(25)31)14-18(28)32-6-2/h9-12H,5-8,13-14,26H2,1-4H3. The van der Waals surface area contributed by atoms with Gasteiger partial charge in [-0.05, 0) is 26.3 Å². The molecule has 0 radical (unpaired) electrons. The number of nitrogens with zero attached hydrogens (tertiary/aromatic N) is 1. The van der Waals surface area contributed by atoms with E-state index in [4.69, 9.17) is 24.7 Å². The zero-order chi connectivity index (χ0) is 25.8. The van der Waals surface area contributed by atoms with Crippen LogP contribution < -0.4 is 10.6 Å². The second kappa shape index (κ2) is 10.6. The van der Waals surface area contributed by atoms with Gasteiger partial charge in [0.15, 0.2) is 5.41 Å². The Morgan fingerprint density at radius 2 is 1.66 bits per heavy atom. The van der Waals surface area contributed by atoms with Gasteiger partial charge in [0.25, 0.3) is 0 Å². The zero-order valence-corrected chi connectivity index (χ0v) is 20.3. The fourth-order valence-corrected chi connectivity index (χ4v) is 4.31. The van der Waals surface area contributed by atoms with Crippen molar-refractivity contribution >= 4 is 29.6 Å². The average molecular weight is 487 g/mol. The third-order valence-corrected chi connectivity index (χ3v) is 5.86. The van der Waals surface area contributed by atoms with Crippen molar-refractivity contribution in [3.05, 3.63) is 52.6 Å². The molecule has 0 amide bonds. The number of ether oxygens (including phenoxy) is 4. The third kappa shape index (κ3) is 4.36. The van der Waals surface area contributed by atoms with Crippen LogP contribution in [0.15, 0.2) is 47.0 Å². The number of para-hydroxylation sites is 1. The van der Waals surface area contributed by atoms with Gasteiger partial charge in [-0.25, -0.2) is 14.4 Å². The quantitative estimate of drug-likeness (QED) is 0.314. The van der Waals surface area contributed by atoms with Crippen molar-refractivity contribution in [2.45, 2.75) is 45.4 Å². The fourth-order valence-electron chi connectivity index (χ4n) is 4.31. The molecule has 1 atom stereocenters. The minimum absolute atomic E-state index is 0.0175. The maximum Gasteiger partial charge on any atom is 0.339 e. The number of fused-ring (bicyclic) bond motifs is 2. The van der Waals surface area contributed by atoms with Crippen LogP contribution >= 0.6 is 0 Å². The van der Waals surface area contributed by atoms with E-state index < -0.39 is 35.7 Å². The lowest BCUT2D eigenvalue weighted by atomic mass is 9.66. The van der Waals surface area contributed by atoms with Crippen molar-refractivity contribution < 1.29 is 38.1 Å². The maximum absolute atomic E-state index is 13.7. The molecule has 0 aromatic heterocycles. The average Bonchev–Trinajstić information content (AvgIpc) is 3.10. The molecule has 2 N–H and O–H groups in total. The van der Waals surface area contributed by atoms with E-state index in [0.29, 0.717) is 12.1 Å². The zero-order valence-electron chi connectivity index (χ0n) is 20.3. The lowest BCUT2D eigenvalue weighted by Gasteiger charge is -2.39. The number of esters is 4. The highest BCUT2D eigenvalue weighted by Gasteiger charge is 2.64. The Morgan fingerprint density at radius 1 is 1.00 bits per heavy atom. The van der Waals surface area contributed by atoms with Gasteiger partial charge in [0.05, 0.1) is 19.8 Å². The Balaban J connectivity index is 2.34. The van der Waals surface area contributed by atoms with E-state index in [2.05, 4.69) is 0 Å². The van der Waals surface area contributed by atoms with E-state index >= 15 is 0 Å². The highest BCUT2D eigenvalue weighted by Crippen LogP contribution is 2.54. The molecule has 2 aliphatic heterocycles. The first-order valence-corrected chi connectivity index (χ1v) is 11.5. The number of nitrogens with two attached hydrogens (primary N) is 1. The Morgan fingerprint density at radius 3 is 2.31 bits per heavy atom. The summed E-state index contributed by atoms with van der Waals surface area (Å²) in [6, 6.07) is 6.69. The molecular weight excluding hydrogens is 456 g/mol. The predicted octanol–water partition coefficient (Wildman–Crippen LogP) is 2.21. The molecule has 1 unspecified atom stereocenters. The van der Waals surface area contributed by atoms with Crippen LogP contribution in [-0.4, -0.2) is 50.7 Å². The molecule has 0 saturated heterocycles. The van der Waals surface area contributed by atoms with Gasteiger partial charge in [-0.1, -0.05) is 31.5 Å². The van der Waals surface area contributed by atoms with Crippen LogP contribution in [-0.2, 0) is 43.5 Å². The lowest BCUT2D eigenvalue weighted by molar-refractivity contribution is -0.148. The number of carbonyl (C=O) groups excluding carboxylic acids is 4. The van der Waals surface area contributed by atoms with Crippen molar-refractivity contribution in [2.75, 3.05) is 31.8 Å². The van der Waals surface area contributed by atoms with Crippen molar-refractivity contribution in [1.29, 1.82) is 0 Å². The molecule has 1 spiro atoms. The summed E-state index contributed by atoms with van der Waals surface area (Å²) in [7, 11) is 1.63. The monoisotopic (exact) mass is 486 g/mol. The van der Waals surface area contributed by atoms with E-state index in [1.807, 2.05) is 6.92 Å². The molecule has 2 heterocycles. The normalized spacial score (nSPS) is 19.0. The van der Waals surface area contributed by atoms with Gasteiger partial charge in [-0.15, -0.1) is 0 Å². The van der Waals surface area contributed by atoms with Gasteiger partial charge in [0.2, 0.25) is 0 Å². The van der Waals surface area contributed by atoms with Crippen LogP contribution in [0.5, 0.6) is 0 Å². The Kier molecular flexibility index (Phi) is 7.83. The first-order valence-electron chi connectivity index (χ1n) is 11.5. The van der Waals surface area contributed by atoms with Gasteiger partial charge in [-0.3, -0.25) is 4.79 Å². The molecule has 2 aliphatic rings. The molecule has 0 bridgehead atoms. The second-order valence-corrected chi connectivity index (χ2v) is 7.97. The number of anilines is 1. The molecule has 10 nitrogen and oxygen atoms in total. The van der Waals surface area contributed by atoms with Gasteiger partial charge in [0, 0.05) is 18.3 Å². The highest BCUT2D eigenvalue weighted by atomic mass is 16.6. The predicted molar refractivity (Wildman–Crippen MR) is 125 cm³/mol. The molecule has 0 aliphatic carbocycles. The van der Waals surface area contributed by atoms with Gasteiger partial charge >= 0.3 is 23.9 Å². The first-order chi connectivity index (χ1) is 16.7. The van der Waals surface area contributed by atoms with Crippen LogP contribution in [0.1, 0.15) is 45.6 Å². The van der Waals surface area contributed by atoms with E-state index in [1.54, 1.807) is 45.2 Å². The molecule has 3 rings (SSSR count). The van der Waals surface area contributed by atoms with E-state index in [-0.39, 0.29) is 48.1 Å². The summed E-state index contributed by atoms with van der Waals surface area (Å²) in [5, 5.41) is 0. The lowest BCUT2D eigenvalue weighted by Crippen LogP contribution is -2.50. The molecular formula is C25H30N2O8. The topological polar surface area (TPSA) is 134 Å². The van der Waals surface area contributed by atoms with Gasteiger partial charge < -0.3 is 29.6 Å². The number of carbonyl (C=O) groups is 4. The summed E-state index contributed by atoms with van der Waals surface area (Å²) in [6.07, 6.45) is 0.860. The molecule has 10 heteroatoms. The van der Waals surface area contributed by atoms with E-state index in [1.165, 1.54) is 4.90 Å². The Labute approximate surface area is 203 Å². The Bertz CT molecular complexity index is 1110. The fraction of sp³-hybridized carbons (Fsp3) is 0.440. The summed E-state index contributed by atoms with van der Waals surface area (Å²) in [5.74, 6) is -3.78. The van der Waals surface area contributed by atoms with Crippen LogP contribution in [0.4, 0.5) is 5.69 Å². The third-order valence-electron chi connectivity index (χ3n) is 5.86. The van der Waals surface area contributed by atoms with Gasteiger partial charge in [0.1, 0.15) is 29.1 Å². The largest absolute Gasteiger partial charge is 0.466 e. The SMILES string of the molecule is CCCCOC(=O)C1=C(N)N(C)c2ccccc2C12C(=O)OC(CC(=O)OCC)=C2C(=O)OCC. The number of hydrogen-bond acceptors (Lipinski definition) is 10. The first kappa shape index (κ1) is 25.8. The van der Waals surface area contributed by atoms with Crippen LogP contribution in [0, 0.1) is 0 Å². The Hall–Kier alpha value is -3.82. The number of unbranched alkanes of at least 4 members (excludes halogenated alkanes) is 1. The number of rotatable bonds is 9. The van der Waals surface area contributed by atoms with Crippen LogP contribution in [0.2, 0.25) is 0 Å². The minimum Gasteiger partial charge on any atom is -0.466 e. The summed E-state index contributed by atoms with van der Waals surface area (Å²) in [4.78, 5) is 54.4. The molecule has 188 valence electrons. The minimum atomic E-state index is -2.08. The number of hydrogen-bond donors (Lipinski definition) is 1. The molecule has 0 fully saturated rings. The summed E-state index contributed by atoms with van der Waals surface area (Å²) >= 11 is 0. The number of benzene rings is 1. The highest BCUT2D eigenvalue weighted by molar-refractivity contribution is 6.16. The molecule has 0 saturated carbocycles. The van der Waals surface area contributed by atoms with Crippen molar-refractivity contribution in [3.63, 3.8) is 0 Å². The second-order valence-electron chi connectivity index (χ2n) is 7.97. The van der Waals surface area contributed by atoms with Crippen molar-refractivity contribution in [3.8, 4) is 0 Å². The molecule has 35 heavy (non-hydrogen) atoms. The molecule has 1 aromatic rings. The number of cyclic esters (lactones) is 1. The van der Waals surface area contributed by atoms with E-state index in [9.17, 15) is 19.2 Å². The van der Waals surface area contributed by atoms with E-state index in [0.717, 1.165) is 6.42 Å². The smallest absolute Gasteiger partial charge is 0.339 e. The summed E-state index contributed by atoms with van der Waals surface area (Å²) in [6.45, 7) is 5.33. The maximum atomic E-state index is 13.7. The van der Waals surface area contributed by atoms with Crippen LogP contribution in [0.3, 0.4) is 0 Å².